The molecule has 0 aromatic carbocycles. The van der Waals surface area contributed by atoms with E-state index in [1.807, 2.05) is 0 Å². The van der Waals surface area contributed by atoms with Gasteiger partial charge >= 0.3 is 6.01 Å². The predicted octanol–water partition coefficient (Wildman–Crippen LogP) is 1.42. The van der Waals surface area contributed by atoms with E-state index in [1.165, 1.54) is 12.8 Å². The summed E-state index contributed by atoms with van der Waals surface area (Å²) in [7, 11) is 0. The van der Waals surface area contributed by atoms with Crippen LogP contribution in [0.4, 0.5) is 6.01 Å². The third-order valence-electron chi connectivity index (χ3n) is 2.66. The summed E-state index contributed by atoms with van der Waals surface area (Å²) >= 11 is 0. The van der Waals surface area contributed by atoms with Gasteiger partial charge in [-0.15, -0.1) is 5.10 Å². The summed E-state index contributed by atoms with van der Waals surface area (Å²) in [5.41, 5.74) is 0. The lowest BCUT2D eigenvalue weighted by atomic mass is 10.2. The van der Waals surface area contributed by atoms with Crippen LogP contribution in [0.3, 0.4) is 0 Å². The van der Waals surface area contributed by atoms with Crippen molar-refractivity contribution in [3.63, 3.8) is 0 Å². The Kier molecular flexibility index (Phi) is 3.77. The topological polar surface area (TPSA) is 54.2 Å². The molecule has 0 aliphatic carbocycles. The van der Waals surface area contributed by atoms with Crippen molar-refractivity contribution in [3.8, 4) is 0 Å². The number of hydrogen-bond donors (Lipinski definition) is 1. The highest BCUT2D eigenvalue weighted by Crippen LogP contribution is 2.17. The van der Waals surface area contributed by atoms with E-state index in [1.54, 1.807) is 0 Å². The molecule has 1 aromatic rings. The Morgan fingerprint density at radius 3 is 2.75 bits per heavy atom. The molecule has 1 aliphatic heterocycles. The van der Waals surface area contributed by atoms with E-state index in [-0.39, 0.29) is 0 Å². The Morgan fingerprint density at radius 2 is 2.06 bits per heavy atom. The molecule has 2 heterocycles. The number of aromatic nitrogens is 2. The molecule has 1 N–H and O–H groups in total. The molecule has 1 fully saturated rings. The highest BCUT2D eigenvalue weighted by molar-refractivity contribution is 5.25. The third-order valence-corrected chi connectivity index (χ3v) is 2.66. The fraction of sp³-hybridized carbons (Fsp3) is 0.818. The summed E-state index contributed by atoms with van der Waals surface area (Å²) < 4.78 is 5.59. The molecular weight excluding hydrogens is 204 g/mol. The predicted molar refractivity (Wildman–Crippen MR) is 62.3 cm³/mol. The number of nitrogens with zero attached hydrogens (tertiary/aromatic N) is 3. The molecule has 5 heteroatoms. The standard InChI is InChI=1S/C11H20N4O/c1-9(2)7-12-8-10-13-14-11(16-10)15-5-3-4-6-15/h9,12H,3-8H2,1-2H3. The van der Waals surface area contributed by atoms with Gasteiger partial charge in [0, 0.05) is 13.1 Å². The van der Waals surface area contributed by atoms with Crippen LogP contribution in [0.15, 0.2) is 4.42 Å². The van der Waals surface area contributed by atoms with Crippen LogP contribution >= 0.6 is 0 Å². The van der Waals surface area contributed by atoms with Crippen LogP contribution in [-0.2, 0) is 6.54 Å². The molecule has 1 aliphatic rings. The van der Waals surface area contributed by atoms with E-state index >= 15 is 0 Å². The number of hydrogen-bond acceptors (Lipinski definition) is 5. The van der Waals surface area contributed by atoms with Gasteiger partial charge in [0.15, 0.2) is 0 Å². The molecule has 0 saturated carbocycles. The second-order valence-corrected chi connectivity index (χ2v) is 4.70. The lowest BCUT2D eigenvalue weighted by molar-refractivity contribution is 0.450. The second kappa shape index (κ2) is 5.30. The fourth-order valence-electron chi connectivity index (χ4n) is 1.82. The van der Waals surface area contributed by atoms with Gasteiger partial charge in [-0.2, -0.15) is 0 Å². The molecule has 0 atom stereocenters. The van der Waals surface area contributed by atoms with Gasteiger partial charge in [0.2, 0.25) is 5.89 Å². The number of nitrogens with one attached hydrogen (secondary N) is 1. The molecule has 5 nitrogen and oxygen atoms in total. The Labute approximate surface area is 96.2 Å². The normalized spacial score (nSPS) is 16.3. The van der Waals surface area contributed by atoms with E-state index in [0.29, 0.717) is 24.4 Å². The summed E-state index contributed by atoms with van der Waals surface area (Å²) in [4.78, 5) is 2.15. The van der Waals surface area contributed by atoms with Gasteiger partial charge in [0.05, 0.1) is 6.54 Å². The van der Waals surface area contributed by atoms with Gasteiger partial charge in [-0.1, -0.05) is 18.9 Å². The fourth-order valence-corrected chi connectivity index (χ4v) is 1.82. The minimum atomic E-state index is 0.640. The molecule has 1 aromatic heterocycles. The molecule has 16 heavy (non-hydrogen) atoms. The van der Waals surface area contributed by atoms with Crippen molar-refractivity contribution in [3.05, 3.63) is 5.89 Å². The molecule has 1 saturated heterocycles. The number of rotatable bonds is 5. The van der Waals surface area contributed by atoms with Gasteiger partial charge < -0.3 is 14.6 Å². The Morgan fingerprint density at radius 1 is 1.31 bits per heavy atom. The highest BCUT2D eigenvalue weighted by atomic mass is 16.4. The summed E-state index contributed by atoms with van der Waals surface area (Å²) in [5.74, 6) is 1.32. The zero-order valence-corrected chi connectivity index (χ0v) is 10.1. The van der Waals surface area contributed by atoms with Gasteiger partial charge in [0.1, 0.15) is 0 Å². The van der Waals surface area contributed by atoms with E-state index in [0.717, 1.165) is 19.6 Å². The van der Waals surface area contributed by atoms with Crippen LogP contribution in [0.25, 0.3) is 0 Å². The lowest BCUT2D eigenvalue weighted by Crippen LogP contribution is -2.19. The van der Waals surface area contributed by atoms with Crippen LogP contribution in [0.2, 0.25) is 0 Å². The van der Waals surface area contributed by atoms with Gasteiger partial charge in [-0.05, 0) is 25.3 Å². The second-order valence-electron chi connectivity index (χ2n) is 4.70. The van der Waals surface area contributed by atoms with E-state index in [4.69, 9.17) is 4.42 Å². The van der Waals surface area contributed by atoms with E-state index < -0.39 is 0 Å². The van der Waals surface area contributed by atoms with Crippen molar-refractivity contribution in [2.75, 3.05) is 24.5 Å². The first-order valence-corrected chi connectivity index (χ1v) is 6.04. The van der Waals surface area contributed by atoms with Crippen molar-refractivity contribution < 1.29 is 4.42 Å². The minimum absolute atomic E-state index is 0.640. The average Bonchev–Trinajstić information content (AvgIpc) is 2.85. The first-order valence-electron chi connectivity index (χ1n) is 6.04. The first kappa shape index (κ1) is 11.4. The lowest BCUT2D eigenvalue weighted by Gasteiger charge is -2.09. The smallest absolute Gasteiger partial charge is 0.318 e. The Hall–Kier alpha value is -1.10. The van der Waals surface area contributed by atoms with Crippen LogP contribution < -0.4 is 10.2 Å². The largest absolute Gasteiger partial charge is 0.407 e. The van der Waals surface area contributed by atoms with Crippen molar-refractivity contribution in [1.29, 1.82) is 0 Å². The van der Waals surface area contributed by atoms with Gasteiger partial charge in [-0.25, -0.2) is 0 Å². The maximum absolute atomic E-state index is 5.59. The molecule has 90 valence electrons. The zero-order valence-electron chi connectivity index (χ0n) is 10.1. The van der Waals surface area contributed by atoms with Crippen molar-refractivity contribution >= 4 is 6.01 Å². The monoisotopic (exact) mass is 224 g/mol. The molecular formula is C11H20N4O. The minimum Gasteiger partial charge on any atom is -0.407 e. The van der Waals surface area contributed by atoms with Crippen molar-refractivity contribution in [2.24, 2.45) is 5.92 Å². The molecule has 0 bridgehead atoms. The summed E-state index contributed by atoms with van der Waals surface area (Å²) in [5, 5.41) is 11.4. The first-order chi connectivity index (χ1) is 7.75. The quantitative estimate of drug-likeness (QED) is 0.819. The maximum atomic E-state index is 5.59. The Bertz CT molecular complexity index is 318. The third kappa shape index (κ3) is 2.95. The summed E-state index contributed by atoms with van der Waals surface area (Å²) in [6.07, 6.45) is 2.45. The van der Waals surface area contributed by atoms with Crippen LogP contribution in [-0.4, -0.2) is 29.8 Å². The maximum Gasteiger partial charge on any atom is 0.318 e. The molecule has 0 unspecified atom stereocenters. The molecule has 0 radical (unpaired) electrons. The number of anilines is 1. The highest BCUT2D eigenvalue weighted by Gasteiger charge is 2.17. The van der Waals surface area contributed by atoms with Crippen molar-refractivity contribution in [1.82, 2.24) is 15.5 Å². The molecule has 2 rings (SSSR count). The SMILES string of the molecule is CC(C)CNCc1nnc(N2CCCC2)o1. The van der Waals surface area contributed by atoms with Crippen LogP contribution in [0, 0.1) is 5.92 Å². The van der Waals surface area contributed by atoms with Gasteiger partial charge in [0.25, 0.3) is 0 Å². The summed E-state index contributed by atoms with van der Waals surface area (Å²) in [6, 6.07) is 0.679. The molecule has 0 spiro atoms. The molecule has 0 amide bonds. The van der Waals surface area contributed by atoms with Crippen molar-refractivity contribution in [2.45, 2.75) is 33.2 Å². The zero-order chi connectivity index (χ0) is 11.4. The van der Waals surface area contributed by atoms with E-state index in [9.17, 15) is 0 Å². The summed E-state index contributed by atoms with van der Waals surface area (Å²) in [6.45, 7) is 8.08. The van der Waals surface area contributed by atoms with Gasteiger partial charge in [-0.3, -0.25) is 0 Å². The van der Waals surface area contributed by atoms with Crippen LogP contribution in [0.5, 0.6) is 0 Å². The Balaban J connectivity index is 1.82. The average molecular weight is 224 g/mol. The van der Waals surface area contributed by atoms with E-state index in [2.05, 4.69) is 34.3 Å². The van der Waals surface area contributed by atoms with Crippen LogP contribution in [0.1, 0.15) is 32.6 Å².